The molecule has 3 heteroatoms. The standard InChI is InChI=1S/C11H14BrNO/c1-6-4-7(2)10(12)9(5-6)11(14)8(3)13/h4-5,8H,13H2,1-3H3. The Morgan fingerprint density at radius 3 is 2.50 bits per heavy atom. The van der Waals surface area contributed by atoms with Crippen LogP contribution in [0.25, 0.3) is 0 Å². The summed E-state index contributed by atoms with van der Waals surface area (Å²) in [7, 11) is 0. The lowest BCUT2D eigenvalue weighted by Crippen LogP contribution is -2.27. The van der Waals surface area contributed by atoms with Crippen molar-refractivity contribution in [3.63, 3.8) is 0 Å². The first-order chi connectivity index (χ1) is 6.43. The number of nitrogens with two attached hydrogens (primary N) is 1. The van der Waals surface area contributed by atoms with E-state index in [9.17, 15) is 4.79 Å². The fourth-order valence-corrected chi connectivity index (χ4v) is 1.80. The molecule has 14 heavy (non-hydrogen) atoms. The zero-order chi connectivity index (χ0) is 10.9. The molecule has 0 aliphatic carbocycles. The number of aryl methyl sites for hydroxylation is 2. The number of hydrogen-bond acceptors (Lipinski definition) is 2. The van der Waals surface area contributed by atoms with Crippen molar-refractivity contribution in [3.05, 3.63) is 33.3 Å². The smallest absolute Gasteiger partial charge is 0.180 e. The first-order valence-corrected chi connectivity index (χ1v) is 5.29. The van der Waals surface area contributed by atoms with E-state index in [1.54, 1.807) is 6.92 Å². The summed E-state index contributed by atoms with van der Waals surface area (Å²) < 4.78 is 0.852. The highest BCUT2D eigenvalue weighted by Crippen LogP contribution is 2.24. The van der Waals surface area contributed by atoms with Crippen molar-refractivity contribution in [3.8, 4) is 0 Å². The highest BCUT2D eigenvalue weighted by molar-refractivity contribution is 9.10. The molecular formula is C11H14BrNO. The average Bonchev–Trinajstić information content (AvgIpc) is 2.09. The van der Waals surface area contributed by atoms with Gasteiger partial charge < -0.3 is 5.73 Å². The Morgan fingerprint density at radius 2 is 2.00 bits per heavy atom. The number of rotatable bonds is 2. The van der Waals surface area contributed by atoms with Crippen LogP contribution in [-0.2, 0) is 0 Å². The van der Waals surface area contributed by atoms with Crippen molar-refractivity contribution < 1.29 is 4.79 Å². The number of carbonyl (C=O) groups excluding carboxylic acids is 1. The molecule has 0 spiro atoms. The monoisotopic (exact) mass is 255 g/mol. The second-order valence-corrected chi connectivity index (χ2v) is 4.39. The molecule has 0 aliphatic rings. The maximum atomic E-state index is 11.7. The highest BCUT2D eigenvalue weighted by atomic mass is 79.9. The summed E-state index contributed by atoms with van der Waals surface area (Å²) in [6.45, 7) is 5.64. The zero-order valence-electron chi connectivity index (χ0n) is 8.60. The van der Waals surface area contributed by atoms with Crippen molar-refractivity contribution in [1.29, 1.82) is 0 Å². The number of benzene rings is 1. The van der Waals surface area contributed by atoms with E-state index < -0.39 is 6.04 Å². The van der Waals surface area contributed by atoms with Gasteiger partial charge in [0.25, 0.3) is 0 Å². The molecule has 0 aromatic heterocycles. The Kier molecular flexibility index (Phi) is 3.45. The van der Waals surface area contributed by atoms with E-state index in [4.69, 9.17) is 5.73 Å². The lowest BCUT2D eigenvalue weighted by molar-refractivity contribution is 0.0967. The number of hydrogen-bond donors (Lipinski definition) is 1. The molecular weight excluding hydrogens is 242 g/mol. The van der Waals surface area contributed by atoms with Crippen LogP contribution in [-0.4, -0.2) is 11.8 Å². The maximum absolute atomic E-state index is 11.7. The summed E-state index contributed by atoms with van der Waals surface area (Å²) in [6, 6.07) is 3.44. The first kappa shape index (κ1) is 11.4. The summed E-state index contributed by atoms with van der Waals surface area (Å²) in [5, 5.41) is 0. The molecule has 0 saturated heterocycles. The summed E-state index contributed by atoms with van der Waals surface area (Å²) in [5.41, 5.74) is 8.39. The second-order valence-electron chi connectivity index (χ2n) is 3.60. The molecule has 0 amide bonds. The number of Topliss-reactive ketones (excluding diaryl/α,β-unsaturated/α-hetero) is 1. The molecule has 0 heterocycles. The van der Waals surface area contributed by atoms with Gasteiger partial charge in [-0.2, -0.15) is 0 Å². The van der Waals surface area contributed by atoms with E-state index in [0.29, 0.717) is 5.56 Å². The van der Waals surface area contributed by atoms with Crippen LogP contribution in [0.2, 0.25) is 0 Å². The van der Waals surface area contributed by atoms with Crippen LogP contribution in [0.3, 0.4) is 0 Å². The number of ketones is 1. The van der Waals surface area contributed by atoms with Gasteiger partial charge in [-0.15, -0.1) is 0 Å². The molecule has 1 rings (SSSR count). The Hall–Kier alpha value is -0.670. The molecule has 2 nitrogen and oxygen atoms in total. The topological polar surface area (TPSA) is 43.1 Å². The fraction of sp³-hybridized carbons (Fsp3) is 0.364. The molecule has 0 fully saturated rings. The molecule has 1 atom stereocenters. The van der Waals surface area contributed by atoms with Crippen LogP contribution in [0, 0.1) is 13.8 Å². The third-order valence-corrected chi connectivity index (χ3v) is 3.13. The predicted molar refractivity (Wildman–Crippen MR) is 61.6 cm³/mol. The van der Waals surface area contributed by atoms with Gasteiger partial charge >= 0.3 is 0 Å². The van der Waals surface area contributed by atoms with Crippen molar-refractivity contribution in [2.45, 2.75) is 26.8 Å². The van der Waals surface area contributed by atoms with Gasteiger partial charge in [-0.1, -0.05) is 11.6 Å². The van der Waals surface area contributed by atoms with Crippen molar-refractivity contribution in [2.24, 2.45) is 5.73 Å². The Labute approximate surface area is 92.6 Å². The normalized spacial score (nSPS) is 12.6. The summed E-state index contributed by atoms with van der Waals surface area (Å²) >= 11 is 3.41. The molecule has 1 unspecified atom stereocenters. The Morgan fingerprint density at radius 1 is 1.43 bits per heavy atom. The average molecular weight is 256 g/mol. The minimum absolute atomic E-state index is 0.0244. The van der Waals surface area contributed by atoms with Crippen molar-refractivity contribution >= 4 is 21.7 Å². The van der Waals surface area contributed by atoms with Gasteiger partial charge in [-0.05, 0) is 48.3 Å². The molecule has 0 bridgehead atoms. The minimum Gasteiger partial charge on any atom is -0.321 e. The zero-order valence-corrected chi connectivity index (χ0v) is 10.2. The quantitative estimate of drug-likeness (QED) is 0.826. The molecule has 0 radical (unpaired) electrons. The Bertz CT molecular complexity index is 372. The van der Waals surface area contributed by atoms with E-state index in [2.05, 4.69) is 15.9 Å². The summed E-state index contributed by atoms with van der Waals surface area (Å²) in [6.07, 6.45) is 0. The van der Waals surface area contributed by atoms with Gasteiger partial charge in [0.15, 0.2) is 5.78 Å². The minimum atomic E-state index is -0.451. The van der Waals surface area contributed by atoms with Crippen LogP contribution in [0.1, 0.15) is 28.4 Å². The van der Waals surface area contributed by atoms with E-state index in [1.165, 1.54) is 0 Å². The summed E-state index contributed by atoms with van der Waals surface area (Å²) in [5.74, 6) is -0.0244. The summed E-state index contributed by atoms with van der Waals surface area (Å²) in [4.78, 5) is 11.7. The third kappa shape index (κ3) is 2.22. The van der Waals surface area contributed by atoms with E-state index >= 15 is 0 Å². The van der Waals surface area contributed by atoms with Gasteiger partial charge in [0.05, 0.1) is 6.04 Å². The molecule has 2 N–H and O–H groups in total. The lowest BCUT2D eigenvalue weighted by Gasteiger charge is -2.10. The van der Waals surface area contributed by atoms with Gasteiger partial charge in [0.1, 0.15) is 0 Å². The van der Waals surface area contributed by atoms with E-state index in [0.717, 1.165) is 15.6 Å². The van der Waals surface area contributed by atoms with E-state index in [-0.39, 0.29) is 5.78 Å². The lowest BCUT2D eigenvalue weighted by atomic mass is 10.0. The van der Waals surface area contributed by atoms with Crippen LogP contribution < -0.4 is 5.73 Å². The van der Waals surface area contributed by atoms with Crippen molar-refractivity contribution in [2.75, 3.05) is 0 Å². The van der Waals surface area contributed by atoms with E-state index in [1.807, 2.05) is 26.0 Å². The number of carbonyl (C=O) groups is 1. The van der Waals surface area contributed by atoms with Crippen molar-refractivity contribution in [1.82, 2.24) is 0 Å². The van der Waals surface area contributed by atoms with Gasteiger partial charge in [0, 0.05) is 10.0 Å². The van der Waals surface area contributed by atoms with Crippen LogP contribution >= 0.6 is 15.9 Å². The molecule has 1 aromatic rings. The van der Waals surface area contributed by atoms with Crippen LogP contribution in [0.4, 0.5) is 0 Å². The fourth-order valence-electron chi connectivity index (χ4n) is 1.37. The van der Waals surface area contributed by atoms with Gasteiger partial charge in [-0.25, -0.2) is 0 Å². The van der Waals surface area contributed by atoms with Gasteiger partial charge in [-0.3, -0.25) is 4.79 Å². The third-order valence-electron chi connectivity index (χ3n) is 2.08. The van der Waals surface area contributed by atoms with Crippen LogP contribution in [0.15, 0.2) is 16.6 Å². The molecule has 0 saturated carbocycles. The predicted octanol–water partition coefficient (Wildman–Crippen LogP) is 2.60. The van der Waals surface area contributed by atoms with Gasteiger partial charge in [0.2, 0.25) is 0 Å². The van der Waals surface area contributed by atoms with Crippen LogP contribution in [0.5, 0.6) is 0 Å². The SMILES string of the molecule is Cc1cc(C)c(Br)c(C(=O)C(C)N)c1. The Balaban J connectivity index is 3.27. The molecule has 1 aromatic carbocycles. The molecule has 0 aliphatic heterocycles. The molecule has 76 valence electrons. The number of halogens is 1. The second kappa shape index (κ2) is 4.24. The first-order valence-electron chi connectivity index (χ1n) is 4.50. The highest BCUT2D eigenvalue weighted by Gasteiger charge is 2.15. The largest absolute Gasteiger partial charge is 0.321 e. The maximum Gasteiger partial charge on any atom is 0.180 e.